The molecule has 6 nitrogen and oxygen atoms in total. The van der Waals surface area contributed by atoms with Crippen molar-refractivity contribution in [2.24, 2.45) is 7.05 Å². The maximum Gasteiger partial charge on any atom is 0.226 e. The Morgan fingerprint density at radius 2 is 1.67 bits per heavy atom. The highest BCUT2D eigenvalue weighted by molar-refractivity contribution is 5.87. The van der Waals surface area contributed by atoms with Gasteiger partial charge in [0, 0.05) is 20.1 Å². The molecule has 2 aromatic carbocycles. The lowest BCUT2D eigenvalue weighted by Gasteiger charge is -2.11. The van der Waals surface area contributed by atoms with E-state index in [2.05, 4.69) is 69.0 Å². The van der Waals surface area contributed by atoms with Crippen molar-refractivity contribution in [2.75, 3.05) is 10.6 Å². The van der Waals surface area contributed by atoms with Gasteiger partial charge in [0.25, 0.3) is 0 Å². The van der Waals surface area contributed by atoms with Crippen molar-refractivity contribution < 1.29 is 0 Å². The van der Waals surface area contributed by atoms with Gasteiger partial charge in [0.15, 0.2) is 5.65 Å². The summed E-state index contributed by atoms with van der Waals surface area (Å²) < 4.78 is 1.77. The van der Waals surface area contributed by atoms with Crippen LogP contribution in [0.3, 0.4) is 0 Å². The molecule has 27 heavy (non-hydrogen) atoms. The first-order chi connectivity index (χ1) is 13.2. The summed E-state index contributed by atoms with van der Waals surface area (Å²) in [5, 5.41) is 12.0. The zero-order valence-corrected chi connectivity index (χ0v) is 15.5. The minimum atomic E-state index is 0.585. The number of fused-ring (bicyclic) bond motifs is 1. The van der Waals surface area contributed by atoms with Gasteiger partial charge in [0.05, 0.1) is 11.6 Å². The molecule has 2 N–H and O–H groups in total. The molecule has 4 rings (SSSR count). The summed E-state index contributed by atoms with van der Waals surface area (Å²) in [4.78, 5) is 9.31. The molecule has 0 amide bonds. The van der Waals surface area contributed by atoms with E-state index in [1.807, 2.05) is 25.2 Å². The molecule has 4 aromatic rings. The van der Waals surface area contributed by atoms with Gasteiger partial charge < -0.3 is 10.6 Å². The van der Waals surface area contributed by atoms with E-state index in [1.54, 1.807) is 10.9 Å². The lowest BCUT2D eigenvalue weighted by atomic mass is 10.1. The number of hydrogen-bond acceptors (Lipinski definition) is 5. The van der Waals surface area contributed by atoms with Crippen LogP contribution in [0, 0.1) is 6.92 Å². The van der Waals surface area contributed by atoms with Crippen LogP contribution in [0.25, 0.3) is 11.0 Å². The Morgan fingerprint density at radius 1 is 0.889 bits per heavy atom. The van der Waals surface area contributed by atoms with E-state index >= 15 is 0 Å². The van der Waals surface area contributed by atoms with Gasteiger partial charge in [-0.25, -0.2) is 0 Å². The Hall–Kier alpha value is -3.41. The first-order valence-corrected chi connectivity index (χ1v) is 8.96. The van der Waals surface area contributed by atoms with Crippen LogP contribution in [0.2, 0.25) is 0 Å². The number of aromatic nitrogens is 4. The highest BCUT2D eigenvalue weighted by Crippen LogP contribution is 2.22. The van der Waals surface area contributed by atoms with Gasteiger partial charge in [0.2, 0.25) is 5.95 Å². The fourth-order valence-corrected chi connectivity index (χ4v) is 3.00. The van der Waals surface area contributed by atoms with Crippen molar-refractivity contribution in [3.63, 3.8) is 0 Å². The smallest absolute Gasteiger partial charge is 0.226 e. The van der Waals surface area contributed by atoms with Crippen molar-refractivity contribution in [1.82, 2.24) is 19.7 Å². The monoisotopic (exact) mass is 358 g/mol. The standard InChI is InChI=1S/C21H22N6/c1-15-8-6-7-11-17(15)13-22-19-18-14-24-27(2)20(18)26-21(25-19)23-12-16-9-4-3-5-10-16/h3-11,14H,12-13H2,1-2H3,(H2,22,23,25,26). The molecule has 0 unspecified atom stereocenters. The average Bonchev–Trinajstić information content (AvgIpc) is 3.07. The molecule has 136 valence electrons. The van der Waals surface area contributed by atoms with Crippen LogP contribution < -0.4 is 10.6 Å². The van der Waals surface area contributed by atoms with Crippen molar-refractivity contribution in [3.8, 4) is 0 Å². The van der Waals surface area contributed by atoms with Crippen molar-refractivity contribution in [2.45, 2.75) is 20.0 Å². The summed E-state index contributed by atoms with van der Waals surface area (Å²) in [6.45, 7) is 3.48. The SMILES string of the molecule is Cc1ccccc1CNc1nc(NCc2ccccc2)nc2c1cnn2C. The Bertz CT molecular complexity index is 1050. The number of nitrogens with one attached hydrogen (secondary N) is 2. The third-order valence-corrected chi connectivity index (χ3v) is 4.59. The minimum absolute atomic E-state index is 0.585. The van der Waals surface area contributed by atoms with Gasteiger partial charge in [-0.05, 0) is 23.6 Å². The summed E-state index contributed by atoms with van der Waals surface area (Å²) in [6, 6.07) is 18.6. The second-order valence-corrected chi connectivity index (χ2v) is 6.52. The van der Waals surface area contributed by atoms with E-state index < -0.39 is 0 Å². The lowest BCUT2D eigenvalue weighted by Crippen LogP contribution is -2.09. The first-order valence-electron chi connectivity index (χ1n) is 8.96. The van der Waals surface area contributed by atoms with Crippen molar-refractivity contribution >= 4 is 22.8 Å². The minimum Gasteiger partial charge on any atom is -0.365 e. The van der Waals surface area contributed by atoms with Gasteiger partial charge >= 0.3 is 0 Å². The molecule has 0 aliphatic rings. The van der Waals surface area contributed by atoms with E-state index in [9.17, 15) is 0 Å². The molecule has 0 saturated carbocycles. The third-order valence-electron chi connectivity index (χ3n) is 4.59. The fourth-order valence-electron chi connectivity index (χ4n) is 3.00. The van der Waals surface area contributed by atoms with E-state index in [0.29, 0.717) is 19.0 Å². The van der Waals surface area contributed by atoms with Gasteiger partial charge in [-0.1, -0.05) is 54.6 Å². The molecule has 0 aliphatic heterocycles. The van der Waals surface area contributed by atoms with E-state index in [4.69, 9.17) is 0 Å². The normalized spacial score (nSPS) is 10.9. The Labute approximate surface area is 158 Å². The summed E-state index contributed by atoms with van der Waals surface area (Å²) in [7, 11) is 1.89. The molecule has 0 aliphatic carbocycles. The molecule has 6 heteroatoms. The van der Waals surface area contributed by atoms with Gasteiger partial charge in [-0.15, -0.1) is 0 Å². The lowest BCUT2D eigenvalue weighted by molar-refractivity contribution is 0.785. The van der Waals surface area contributed by atoms with E-state index in [-0.39, 0.29) is 0 Å². The molecule has 0 radical (unpaired) electrons. The molecular weight excluding hydrogens is 336 g/mol. The molecule has 0 saturated heterocycles. The zero-order chi connectivity index (χ0) is 18.6. The summed E-state index contributed by atoms with van der Waals surface area (Å²) in [5.41, 5.74) is 4.48. The Kier molecular flexibility index (Phi) is 4.70. The second-order valence-electron chi connectivity index (χ2n) is 6.52. The molecule has 0 spiro atoms. The number of anilines is 2. The van der Waals surface area contributed by atoms with Crippen LogP contribution in [-0.2, 0) is 20.1 Å². The highest BCUT2D eigenvalue weighted by Gasteiger charge is 2.12. The summed E-state index contributed by atoms with van der Waals surface area (Å²) in [6.07, 6.45) is 1.80. The molecule has 0 bridgehead atoms. The quantitative estimate of drug-likeness (QED) is 0.547. The van der Waals surface area contributed by atoms with Crippen LogP contribution in [0.5, 0.6) is 0 Å². The largest absolute Gasteiger partial charge is 0.365 e. The maximum atomic E-state index is 4.69. The fraction of sp³-hybridized carbons (Fsp3) is 0.190. The Morgan fingerprint density at radius 3 is 2.48 bits per heavy atom. The van der Waals surface area contributed by atoms with Crippen LogP contribution >= 0.6 is 0 Å². The molecule has 0 fully saturated rings. The van der Waals surface area contributed by atoms with Crippen LogP contribution in [0.15, 0.2) is 60.8 Å². The van der Waals surface area contributed by atoms with Crippen molar-refractivity contribution in [3.05, 3.63) is 77.5 Å². The average molecular weight is 358 g/mol. The summed E-state index contributed by atoms with van der Waals surface area (Å²) >= 11 is 0. The number of benzene rings is 2. The first kappa shape index (κ1) is 17.0. The number of hydrogen-bond donors (Lipinski definition) is 2. The zero-order valence-electron chi connectivity index (χ0n) is 15.5. The van der Waals surface area contributed by atoms with Crippen LogP contribution in [0.4, 0.5) is 11.8 Å². The van der Waals surface area contributed by atoms with Crippen LogP contribution in [0.1, 0.15) is 16.7 Å². The highest BCUT2D eigenvalue weighted by atomic mass is 15.3. The molecule has 2 aromatic heterocycles. The van der Waals surface area contributed by atoms with E-state index in [1.165, 1.54) is 16.7 Å². The van der Waals surface area contributed by atoms with E-state index in [0.717, 1.165) is 16.9 Å². The number of rotatable bonds is 6. The van der Waals surface area contributed by atoms with Crippen molar-refractivity contribution in [1.29, 1.82) is 0 Å². The molecule has 2 heterocycles. The summed E-state index contributed by atoms with van der Waals surface area (Å²) in [5.74, 6) is 1.37. The topological polar surface area (TPSA) is 67.7 Å². The van der Waals surface area contributed by atoms with Gasteiger partial charge in [-0.3, -0.25) is 4.68 Å². The molecule has 0 atom stereocenters. The third kappa shape index (κ3) is 3.74. The molecular formula is C21H22N6. The van der Waals surface area contributed by atoms with Gasteiger partial charge in [-0.2, -0.15) is 15.1 Å². The van der Waals surface area contributed by atoms with Crippen LogP contribution in [-0.4, -0.2) is 19.7 Å². The second kappa shape index (κ2) is 7.45. The maximum absolute atomic E-state index is 4.69. The number of aryl methyl sites for hydroxylation is 2. The Balaban J connectivity index is 1.60. The predicted molar refractivity (Wildman–Crippen MR) is 109 cm³/mol. The number of nitrogens with zero attached hydrogens (tertiary/aromatic N) is 4. The van der Waals surface area contributed by atoms with Gasteiger partial charge in [0.1, 0.15) is 5.82 Å². The predicted octanol–water partition coefficient (Wildman–Crippen LogP) is 3.90.